The molecule has 90 valence electrons. The van der Waals surface area contributed by atoms with Gasteiger partial charge in [-0.2, -0.15) is 0 Å². The summed E-state index contributed by atoms with van der Waals surface area (Å²) in [6, 6.07) is 0.465. The molecule has 0 aromatic rings. The van der Waals surface area contributed by atoms with Crippen LogP contribution in [-0.4, -0.2) is 53.5 Å². The fourth-order valence-electron chi connectivity index (χ4n) is 3.97. The van der Waals surface area contributed by atoms with Crippen molar-refractivity contribution in [3.8, 4) is 0 Å². The van der Waals surface area contributed by atoms with E-state index in [2.05, 4.69) is 28.6 Å². The molecule has 3 saturated heterocycles. The van der Waals surface area contributed by atoms with E-state index in [9.17, 15) is 0 Å². The minimum atomic E-state index is 0.231. The van der Waals surface area contributed by atoms with Gasteiger partial charge in [-0.15, -0.1) is 0 Å². The molecular formula is C12H22N4. The van der Waals surface area contributed by atoms with Crippen molar-refractivity contribution < 1.29 is 0 Å². The highest BCUT2D eigenvalue weighted by Crippen LogP contribution is 2.42. The van der Waals surface area contributed by atoms with E-state index in [0.717, 1.165) is 18.4 Å². The van der Waals surface area contributed by atoms with Crippen LogP contribution in [0.25, 0.3) is 0 Å². The van der Waals surface area contributed by atoms with Crippen LogP contribution in [0.2, 0.25) is 0 Å². The van der Waals surface area contributed by atoms with Gasteiger partial charge >= 0.3 is 0 Å². The van der Waals surface area contributed by atoms with E-state index in [4.69, 9.17) is 5.73 Å². The molecule has 0 aromatic carbocycles. The third kappa shape index (κ3) is 1.22. The minimum absolute atomic E-state index is 0.231. The number of aliphatic imine (C=N–C) groups is 1. The molecule has 0 amide bonds. The first-order chi connectivity index (χ1) is 7.63. The molecule has 0 aromatic heterocycles. The van der Waals surface area contributed by atoms with Gasteiger partial charge in [0.05, 0.1) is 12.1 Å². The van der Waals surface area contributed by atoms with Gasteiger partial charge < -0.3 is 15.5 Å². The molecule has 3 fully saturated rings. The van der Waals surface area contributed by atoms with Crippen molar-refractivity contribution in [1.29, 1.82) is 0 Å². The molecule has 4 aliphatic rings. The molecule has 0 radical (unpaired) electrons. The summed E-state index contributed by atoms with van der Waals surface area (Å²) in [6.07, 6.45) is 2.65. The fourth-order valence-corrected chi connectivity index (χ4v) is 3.97. The summed E-state index contributed by atoms with van der Waals surface area (Å²) in [5.41, 5.74) is 6.31. The molecule has 1 unspecified atom stereocenters. The van der Waals surface area contributed by atoms with Crippen molar-refractivity contribution in [1.82, 2.24) is 9.80 Å². The van der Waals surface area contributed by atoms with E-state index in [1.807, 2.05) is 0 Å². The van der Waals surface area contributed by atoms with E-state index in [1.165, 1.54) is 32.5 Å². The molecule has 0 saturated carbocycles. The van der Waals surface area contributed by atoms with Crippen LogP contribution in [0.1, 0.15) is 26.7 Å². The lowest BCUT2D eigenvalue weighted by molar-refractivity contribution is -0.0382. The van der Waals surface area contributed by atoms with Crippen LogP contribution in [-0.2, 0) is 0 Å². The Hall–Kier alpha value is -0.770. The van der Waals surface area contributed by atoms with Crippen molar-refractivity contribution in [2.24, 2.45) is 16.6 Å². The average Bonchev–Trinajstić information content (AvgIpc) is 2.57. The molecule has 4 rings (SSSR count). The number of rotatable bonds is 1. The van der Waals surface area contributed by atoms with Crippen molar-refractivity contribution in [2.75, 3.05) is 26.2 Å². The van der Waals surface area contributed by atoms with E-state index in [0.29, 0.717) is 6.04 Å². The van der Waals surface area contributed by atoms with Gasteiger partial charge in [0.15, 0.2) is 5.96 Å². The van der Waals surface area contributed by atoms with E-state index >= 15 is 0 Å². The molecule has 0 aliphatic carbocycles. The second-order valence-corrected chi connectivity index (χ2v) is 5.79. The summed E-state index contributed by atoms with van der Waals surface area (Å²) < 4.78 is 0. The standard InChI is InChI=1S/C12H22N4/c1-9(2)16-11(13)14-7-12(16)8-15-5-3-10(12)4-6-15/h9-10H,3-8H2,1-2H3,(H2,13,14). The van der Waals surface area contributed by atoms with Gasteiger partial charge in [-0.05, 0) is 45.7 Å². The topological polar surface area (TPSA) is 44.9 Å². The summed E-state index contributed by atoms with van der Waals surface area (Å²) >= 11 is 0. The predicted octanol–water partition coefficient (Wildman–Crippen LogP) is 0.490. The lowest BCUT2D eigenvalue weighted by Gasteiger charge is -2.56. The van der Waals surface area contributed by atoms with Gasteiger partial charge in [-0.1, -0.05) is 0 Å². The average molecular weight is 222 g/mol. The highest BCUT2D eigenvalue weighted by Gasteiger charge is 2.54. The van der Waals surface area contributed by atoms with Crippen LogP contribution >= 0.6 is 0 Å². The number of fused-ring (bicyclic) bond motifs is 2. The molecule has 4 heterocycles. The van der Waals surface area contributed by atoms with Crippen LogP contribution in [0.4, 0.5) is 0 Å². The number of nitrogens with zero attached hydrogens (tertiary/aromatic N) is 3. The summed E-state index contributed by atoms with van der Waals surface area (Å²) in [6.45, 7) is 9.09. The van der Waals surface area contributed by atoms with E-state index in [1.54, 1.807) is 0 Å². The summed E-state index contributed by atoms with van der Waals surface area (Å²) in [5.74, 6) is 1.56. The van der Waals surface area contributed by atoms with Crippen LogP contribution in [0.15, 0.2) is 4.99 Å². The van der Waals surface area contributed by atoms with Crippen molar-refractivity contribution in [3.63, 3.8) is 0 Å². The number of guanidine groups is 1. The zero-order chi connectivity index (χ0) is 11.3. The fraction of sp³-hybridized carbons (Fsp3) is 0.917. The third-order valence-electron chi connectivity index (χ3n) is 4.60. The molecule has 4 aliphatic heterocycles. The number of nitrogens with two attached hydrogens (primary N) is 1. The predicted molar refractivity (Wildman–Crippen MR) is 65.4 cm³/mol. The number of hydrogen-bond donors (Lipinski definition) is 1. The Morgan fingerprint density at radius 3 is 2.56 bits per heavy atom. The van der Waals surface area contributed by atoms with Crippen LogP contribution in [0.3, 0.4) is 0 Å². The van der Waals surface area contributed by atoms with Crippen LogP contribution in [0.5, 0.6) is 0 Å². The minimum Gasteiger partial charge on any atom is -0.370 e. The monoisotopic (exact) mass is 222 g/mol. The van der Waals surface area contributed by atoms with Gasteiger partial charge in [0.1, 0.15) is 0 Å². The van der Waals surface area contributed by atoms with Crippen LogP contribution < -0.4 is 5.73 Å². The lowest BCUT2D eigenvalue weighted by atomic mass is 9.72. The lowest BCUT2D eigenvalue weighted by Crippen LogP contribution is -2.69. The van der Waals surface area contributed by atoms with Crippen molar-refractivity contribution >= 4 is 5.96 Å². The molecule has 4 nitrogen and oxygen atoms in total. The second kappa shape index (κ2) is 3.36. The SMILES string of the molecule is CC(C)N1C(N)=NCC12CN1CCC2CC1. The molecule has 4 heteroatoms. The molecular weight excluding hydrogens is 200 g/mol. The molecule has 2 bridgehead atoms. The normalized spacial score (nSPS) is 42.2. The molecule has 1 spiro atoms. The maximum absolute atomic E-state index is 6.07. The van der Waals surface area contributed by atoms with Crippen molar-refractivity contribution in [2.45, 2.75) is 38.3 Å². The zero-order valence-corrected chi connectivity index (χ0v) is 10.3. The Kier molecular flexibility index (Phi) is 2.18. The first kappa shape index (κ1) is 10.4. The molecule has 1 atom stereocenters. The first-order valence-electron chi connectivity index (χ1n) is 6.45. The van der Waals surface area contributed by atoms with Gasteiger partial charge in [0, 0.05) is 12.6 Å². The third-order valence-corrected chi connectivity index (χ3v) is 4.60. The number of hydrogen-bond acceptors (Lipinski definition) is 4. The first-order valence-corrected chi connectivity index (χ1v) is 6.45. The maximum atomic E-state index is 6.07. The van der Waals surface area contributed by atoms with Gasteiger partial charge in [0.2, 0.25) is 0 Å². The Labute approximate surface area is 97.5 Å². The van der Waals surface area contributed by atoms with Gasteiger partial charge in [-0.25, -0.2) is 0 Å². The summed E-state index contributed by atoms with van der Waals surface area (Å²) in [4.78, 5) is 9.51. The molecule has 16 heavy (non-hydrogen) atoms. The highest BCUT2D eigenvalue weighted by molar-refractivity contribution is 5.81. The summed E-state index contributed by atoms with van der Waals surface area (Å²) in [5, 5.41) is 0. The molecule has 2 N–H and O–H groups in total. The number of piperidine rings is 3. The van der Waals surface area contributed by atoms with E-state index in [-0.39, 0.29) is 5.54 Å². The quantitative estimate of drug-likeness (QED) is 0.702. The Morgan fingerprint density at radius 2 is 2.06 bits per heavy atom. The smallest absolute Gasteiger partial charge is 0.192 e. The zero-order valence-electron chi connectivity index (χ0n) is 10.3. The summed E-state index contributed by atoms with van der Waals surface area (Å²) in [7, 11) is 0. The van der Waals surface area contributed by atoms with Crippen molar-refractivity contribution in [3.05, 3.63) is 0 Å². The Morgan fingerprint density at radius 1 is 1.38 bits per heavy atom. The largest absolute Gasteiger partial charge is 0.370 e. The highest BCUT2D eigenvalue weighted by atomic mass is 15.4. The second-order valence-electron chi connectivity index (χ2n) is 5.79. The Balaban J connectivity index is 1.93. The van der Waals surface area contributed by atoms with Gasteiger partial charge in [0.25, 0.3) is 0 Å². The maximum Gasteiger partial charge on any atom is 0.192 e. The van der Waals surface area contributed by atoms with Crippen LogP contribution in [0, 0.1) is 5.92 Å². The Bertz CT molecular complexity index is 317. The van der Waals surface area contributed by atoms with Gasteiger partial charge in [-0.3, -0.25) is 4.99 Å². The van der Waals surface area contributed by atoms with E-state index < -0.39 is 0 Å².